The first-order valence-corrected chi connectivity index (χ1v) is 7.00. The Morgan fingerprint density at radius 3 is 2.27 bits per heavy atom. The number of carboxylic acids is 1. The van der Waals surface area contributed by atoms with Crippen molar-refractivity contribution < 1.29 is 14.7 Å². The molecule has 0 aromatic heterocycles. The van der Waals surface area contributed by atoms with Crippen LogP contribution in [0.3, 0.4) is 0 Å². The molecule has 22 heavy (non-hydrogen) atoms. The van der Waals surface area contributed by atoms with E-state index in [1.165, 1.54) is 0 Å². The second kappa shape index (κ2) is 7.47. The summed E-state index contributed by atoms with van der Waals surface area (Å²) in [7, 11) is 0. The fourth-order valence-corrected chi connectivity index (χ4v) is 2.03. The third kappa shape index (κ3) is 4.79. The van der Waals surface area contributed by atoms with Gasteiger partial charge in [-0.3, -0.25) is 0 Å². The third-order valence-corrected chi connectivity index (χ3v) is 3.23. The maximum atomic E-state index is 11.9. The number of benzene rings is 2. The molecule has 0 bridgehead atoms. The molecule has 2 rings (SSSR count). The van der Waals surface area contributed by atoms with Gasteiger partial charge in [-0.2, -0.15) is 0 Å². The van der Waals surface area contributed by atoms with Gasteiger partial charge in [0.25, 0.3) is 0 Å². The number of aliphatic carboxylic acids is 1. The first-order chi connectivity index (χ1) is 10.5. The number of carboxylic acid groups (broad SMARTS) is 1. The summed E-state index contributed by atoms with van der Waals surface area (Å²) in [5.74, 6) is -1.34. The maximum Gasteiger partial charge on any atom is 0.319 e. The molecule has 0 saturated carbocycles. The molecule has 2 aromatic rings. The van der Waals surface area contributed by atoms with Gasteiger partial charge in [0, 0.05) is 10.7 Å². The third-order valence-electron chi connectivity index (χ3n) is 2.97. The molecule has 0 aliphatic heterocycles. The number of halogens is 1. The van der Waals surface area contributed by atoms with Crippen LogP contribution < -0.4 is 15.7 Å². The Kier molecular flexibility index (Phi) is 5.38. The van der Waals surface area contributed by atoms with Gasteiger partial charge < -0.3 is 20.5 Å². The SMILES string of the molecule is O=C(Nc1ccc(Cl)cc1)N[C@@H](Cc1ccccc1)C(=O)[O-]. The van der Waals surface area contributed by atoms with E-state index in [1.807, 2.05) is 6.07 Å². The Labute approximate surface area is 132 Å². The molecule has 0 unspecified atom stereocenters. The number of carbonyl (C=O) groups excluding carboxylic acids is 2. The van der Waals surface area contributed by atoms with Crippen molar-refractivity contribution in [3.05, 3.63) is 65.2 Å². The van der Waals surface area contributed by atoms with E-state index in [4.69, 9.17) is 11.6 Å². The molecule has 0 aliphatic carbocycles. The minimum atomic E-state index is -1.34. The molecule has 1 atom stereocenters. The van der Waals surface area contributed by atoms with E-state index in [0.29, 0.717) is 10.7 Å². The van der Waals surface area contributed by atoms with Gasteiger partial charge in [-0.15, -0.1) is 0 Å². The smallest absolute Gasteiger partial charge is 0.319 e. The van der Waals surface area contributed by atoms with E-state index < -0.39 is 18.0 Å². The second-order valence-electron chi connectivity index (χ2n) is 4.67. The predicted molar refractivity (Wildman–Crippen MR) is 82.5 cm³/mol. The average molecular weight is 318 g/mol. The van der Waals surface area contributed by atoms with Gasteiger partial charge in [0.2, 0.25) is 0 Å². The van der Waals surface area contributed by atoms with Crippen LogP contribution in [-0.2, 0) is 11.2 Å². The highest BCUT2D eigenvalue weighted by molar-refractivity contribution is 6.30. The predicted octanol–water partition coefficient (Wildman–Crippen LogP) is 1.82. The van der Waals surface area contributed by atoms with Crippen molar-refractivity contribution in [3.8, 4) is 0 Å². The molecule has 2 amide bonds. The lowest BCUT2D eigenvalue weighted by molar-refractivity contribution is -0.308. The topological polar surface area (TPSA) is 81.3 Å². The van der Waals surface area contributed by atoms with Crippen LogP contribution in [0.2, 0.25) is 5.02 Å². The summed E-state index contributed by atoms with van der Waals surface area (Å²) in [6, 6.07) is 13.8. The monoisotopic (exact) mass is 317 g/mol. The summed E-state index contributed by atoms with van der Waals surface area (Å²) in [6.07, 6.45) is 0.150. The summed E-state index contributed by atoms with van der Waals surface area (Å²) in [6.45, 7) is 0. The molecular formula is C16H14ClN2O3-. The first-order valence-electron chi connectivity index (χ1n) is 6.62. The molecule has 2 N–H and O–H groups in total. The van der Waals surface area contributed by atoms with E-state index in [1.54, 1.807) is 48.5 Å². The van der Waals surface area contributed by atoms with Crippen molar-refractivity contribution in [2.24, 2.45) is 0 Å². The lowest BCUT2D eigenvalue weighted by atomic mass is 10.1. The zero-order valence-electron chi connectivity index (χ0n) is 11.6. The van der Waals surface area contributed by atoms with Crippen LogP contribution in [-0.4, -0.2) is 18.0 Å². The first kappa shape index (κ1) is 15.9. The quantitative estimate of drug-likeness (QED) is 0.882. The summed E-state index contributed by atoms with van der Waals surface area (Å²) in [5, 5.41) is 16.6. The molecule has 2 aromatic carbocycles. The average Bonchev–Trinajstić information content (AvgIpc) is 2.50. The zero-order valence-corrected chi connectivity index (χ0v) is 12.3. The molecule has 0 aliphatic rings. The molecule has 0 heterocycles. The van der Waals surface area contributed by atoms with Crippen molar-refractivity contribution in [2.45, 2.75) is 12.5 Å². The molecule has 5 nitrogen and oxygen atoms in total. The normalized spacial score (nSPS) is 11.5. The molecule has 0 fully saturated rings. The number of urea groups is 1. The fraction of sp³-hybridized carbons (Fsp3) is 0.125. The molecule has 0 radical (unpaired) electrons. The van der Waals surface area contributed by atoms with E-state index in [2.05, 4.69) is 10.6 Å². The summed E-state index contributed by atoms with van der Waals surface area (Å²) >= 11 is 5.75. The Hall–Kier alpha value is -2.53. The van der Waals surface area contributed by atoms with Gasteiger partial charge in [0.15, 0.2) is 0 Å². The Balaban J connectivity index is 1.97. The Bertz CT molecular complexity index is 644. The zero-order chi connectivity index (χ0) is 15.9. The fourth-order valence-electron chi connectivity index (χ4n) is 1.90. The van der Waals surface area contributed by atoms with Crippen LogP contribution in [0.5, 0.6) is 0 Å². The van der Waals surface area contributed by atoms with Crippen LogP contribution in [0.25, 0.3) is 0 Å². The molecule has 114 valence electrons. The van der Waals surface area contributed by atoms with E-state index in [0.717, 1.165) is 5.56 Å². The Morgan fingerprint density at radius 2 is 1.68 bits per heavy atom. The number of amides is 2. The highest BCUT2D eigenvalue weighted by Crippen LogP contribution is 2.13. The number of hydrogen-bond acceptors (Lipinski definition) is 3. The van der Waals surface area contributed by atoms with E-state index in [9.17, 15) is 14.7 Å². The van der Waals surface area contributed by atoms with Crippen LogP contribution in [0.15, 0.2) is 54.6 Å². The largest absolute Gasteiger partial charge is 0.548 e. The molecule has 0 spiro atoms. The number of hydrogen-bond donors (Lipinski definition) is 2. The highest BCUT2D eigenvalue weighted by Gasteiger charge is 2.14. The van der Waals surface area contributed by atoms with Crippen molar-refractivity contribution in [2.75, 3.05) is 5.32 Å². The van der Waals surface area contributed by atoms with Gasteiger partial charge in [0.1, 0.15) is 0 Å². The molecular weight excluding hydrogens is 304 g/mol. The summed E-state index contributed by atoms with van der Waals surface area (Å²) in [5.41, 5.74) is 1.31. The van der Waals surface area contributed by atoms with Crippen molar-refractivity contribution in [1.29, 1.82) is 0 Å². The summed E-state index contributed by atoms with van der Waals surface area (Å²) in [4.78, 5) is 23.0. The van der Waals surface area contributed by atoms with Crippen LogP contribution in [0.4, 0.5) is 10.5 Å². The van der Waals surface area contributed by atoms with Crippen LogP contribution in [0, 0.1) is 0 Å². The van der Waals surface area contributed by atoms with Crippen LogP contribution >= 0.6 is 11.6 Å². The van der Waals surface area contributed by atoms with Crippen LogP contribution in [0.1, 0.15) is 5.56 Å². The van der Waals surface area contributed by atoms with E-state index in [-0.39, 0.29) is 6.42 Å². The Morgan fingerprint density at radius 1 is 1.05 bits per heavy atom. The summed E-state index contributed by atoms with van der Waals surface area (Å²) < 4.78 is 0. The number of anilines is 1. The molecule has 0 saturated heterocycles. The lowest BCUT2D eigenvalue weighted by Crippen LogP contribution is -2.50. The minimum absolute atomic E-state index is 0.150. The van der Waals surface area contributed by atoms with Gasteiger partial charge in [-0.1, -0.05) is 41.9 Å². The number of nitrogens with one attached hydrogen (secondary N) is 2. The lowest BCUT2D eigenvalue weighted by Gasteiger charge is -2.20. The minimum Gasteiger partial charge on any atom is -0.548 e. The van der Waals surface area contributed by atoms with Crippen molar-refractivity contribution >= 4 is 29.3 Å². The van der Waals surface area contributed by atoms with Gasteiger partial charge >= 0.3 is 6.03 Å². The molecule has 6 heteroatoms. The van der Waals surface area contributed by atoms with Crippen molar-refractivity contribution in [1.82, 2.24) is 5.32 Å². The van der Waals surface area contributed by atoms with Gasteiger partial charge in [-0.25, -0.2) is 4.79 Å². The standard InChI is InChI=1S/C16H15ClN2O3/c17-12-6-8-13(9-7-12)18-16(22)19-14(15(20)21)10-11-4-2-1-3-5-11/h1-9,14H,10H2,(H,20,21)(H2,18,19,22)/p-1/t14-/m0/s1. The highest BCUT2D eigenvalue weighted by atomic mass is 35.5. The van der Waals surface area contributed by atoms with Gasteiger partial charge in [0.05, 0.1) is 12.0 Å². The number of carbonyl (C=O) groups is 2. The second-order valence-corrected chi connectivity index (χ2v) is 5.10. The van der Waals surface area contributed by atoms with Crippen molar-refractivity contribution in [3.63, 3.8) is 0 Å². The van der Waals surface area contributed by atoms with E-state index >= 15 is 0 Å². The number of rotatable bonds is 5. The maximum absolute atomic E-state index is 11.9. The van der Waals surface area contributed by atoms with Gasteiger partial charge in [-0.05, 0) is 36.2 Å².